The van der Waals surface area contributed by atoms with Gasteiger partial charge in [0.25, 0.3) is 0 Å². The summed E-state index contributed by atoms with van der Waals surface area (Å²) in [6.07, 6.45) is 0.391. The Kier molecular flexibility index (Phi) is 5.63. The van der Waals surface area contributed by atoms with Gasteiger partial charge < -0.3 is 15.2 Å². The minimum absolute atomic E-state index is 0.136. The molecule has 106 valence electrons. The summed E-state index contributed by atoms with van der Waals surface area (Å²) in [7, 11) is 1.32. The Bertz CT molecular complexity index is 417. The van der Waals surface area contributed by atoms with Gasteiger partial charge in [-0.25, -0.2) is 4.79 Å². The molecule has 0 aliphatic rings. The average molecular weight is 266 g/mol. The van der Waals surface area contributed by atoms with E-state index in [1.165, 1.54) is 7.11 Å². The fourth-order valence-corrected chi connectivity index (χ4v) is 1.48. The first-order chi connectivity index (χ1) is 9.03. The Hall–Kier alpha value is -1.75. The summed E-state index contributed by atoms with van der Waals surface area (Å²) >= 11 is 0. The van der Waals surface area contributed by atoms with E-state index in [1.54, 1.807) is 6.07 Å². The van der Waals surface area contributed by atoms with Gasteiger partial charge in [-0.05, 0) is 24.6 Å². The third-order valence-electron chi connectivity index (χ3n) is 3.25. The Balaban J connectivity index is 2.64. The summed E-state index contributed by atoms with van der Waals surface area (Å²) in [4.78, 5) is 11.1. The second-order valence-electron chi connectivity index (χ2n) is 4.87. The molecule has 1 atom stereocenters. The highest BCUT2D eigenvalue weighted by Gasteiger charge is 2.20. The molecule has 19 heavy (non-hydrogen) atoms. The molecule has 1 aromatic rings. The second-order valence-corrected chi connectivity index (χ2v) is 4.87. The number of anilines is 2. The maximum Gasteiger partial charge on any atom is 0.411 e. The Morgan fingerprint density at radius 3 is 2.68 bits per heavy atom. The predicted molar refractivity (Wildman–Crippen MR) is 76.4 cm³/mol. The number of ether oxygens (including phenoxy) is 1. The normalized spacial score (nSPS) is 13.5. The maximum absolute atomic E-state index is 11.1. The molecule has 0 aliphatic heterocycles. The molecule has 0 radical (unpaired) electrons. The zero-order chi connectivity index (χ0) is 14.3. The smallest absolute Gasteiger partial charge is 0.411 e. The van der Waals surface area contributed by atoms with E-state index in [9.17, 15) is 9.90 Å². The van der Waals surface area contributed by atoms with Crippen LogP contribution in [0.15, 0.2) is 24.3 Å². The van der Waals surface area contributed by atoms with Crippen molar-refractivity contribution in [3.63, 3.8) is 0 Å². The van der Waals surface area contributed by atoms with Crippen molar-refractivity contribution in [2.45, 2.75) is 20.3 Å². The van der Waals surface area contributed by atoms with E-state index in [1.807, 2.05) is 32.0 Å². The zero-order valence-corrected chi connectivity index (χ0v) is 11.7. The fraction of sp³-hybridized carbons (Fsp3) is 0.500. The molecule has 5 nitrogen and oxygen atoms in total. The summed E-state index contributed by atoms with van der Waals surface area (Å²) in [6, 6.07) is 7.36. The predicted octanol–water partition coefficient (Wildman–Crippen LogP) is 2.69. The third kappa shape index (κ3) is 4.79. The lowest BCUT2D eigenvalue weighted by Crippen LogP contribution is -2.29. The van der Waals surface area contributed by atoms with Crippen LogP contribution >= 0.6 is 0 Å². The summed E-state index contributed by atoms with van der Waals surface area (Å²) in [5.74, 6) is 0. The van der Waals surface area contributed by atoms with E-state index < -0.39 is 6.09 Å². The summed E-state index contributed by atoms with van der Waals surface area (Å²) < 4.78 is 4.54. The second kappa shape index (κ2) is 6.99. The molecule has 0 aliphatic carbocycles. The number of carbonyl (C=O) groups excluding carboxylic acids is 1. The number of aliphatic hydroxyl groups excluding tert-OH is 1. The van der Waals surface area contributed by atoms with Crippen LogP contribution in [-0.4, -0.2) is 31.5 Å². The van der Waals surface area contributed by atoms with Crippen molar-refractivity contribution >= 4 is 17.5 Å². The molecule has 1 rings (SSSR count). The monoisotopic (exact) mass is 266 g/mol. The molecule has 3 N–H and O–H groups in total. The number of aliphatic hydroxyl groups is 1. The van der Waals surface area contributed by atoms with Gasteiger partial charge in [0.1, 0.15) is 0 Å². The molecule has 0 heterocycles. The van der Waals surface area contributed by atoms with E-state index in [0.29, 0.717) is 12.2 Å². The van der Waals surface area contributed by atoms with Crippen LogP contribution in [0.2, 0.25) is 0 Å². The first-order valence-electron chi connectivity index (χ1n) is 6.33. The lowest BCUT2D eigenvalue weighted by molar-refractivity contribution is 0.149. The number of rotatable bonds is 6. The topological polar surface area (TPSA) is 70.6 Å². The zero-order valence-electron chi connectivity index (χ0n) is 11.7. The molecule has 1 aromatic carbocycles. The number of hydrogen-bond acceptors (Lipinski definition) is 4. The van der Waals surface area contributed by atoms with Gasteiger partial charge >= 0.3 is 6.09 Å². The number of carbonyl (C=O) groups is 1. The quantitative estimate of drug-likeness (QED) is 0.740. The largest absolute Gasteiger partial charge is 0.453 e. The Morgan fingerprint density at radius 2 is 2.11 bits per heavy atom. The van der Waals surface area contributed by atoms with Gasteiger partial charge in [0.05, 0.1) is 13.7 Å². The number of benzene rings is 1. The van der Waals surface area contributed by atoms with Crippen LogP contribution in [0.5, 0.6) is 0 Å². The van der Waals surface area contributed by atoms with E-state index in [0.717, 1.165) is 12.1 Å². The Morgan fingerprint density at radius 1 is 1.42 bits per heavy atom. The number of methoxy groups -OCH3 is 1. The van der Waals surface area contributed by atoms with Gasteiger partial charge in [0.15, 0.2) is 0 Å². The fourth-order valence-electron chi connectivity index (χ4n) is 1.48. The lowest BCUT2D eigenvalue weighted by atomic mass is 9.88. The molecule has 0 saturated heterocycles. The third-order valence-corrected chi connectivity index (χ3v) is 3.25. The first-order valence-corrected chi connectivity index (χ1v) is 6.33. The van der Waals surface area contributed by atoms with Crippen molar-refractivity contribution in [2.24, 2.45) is 5.41 Å². The van der Waals surface area contributed by atoms with Crippen molar-refractivity contribution in [3.05, 3.63) is 24.3 Å². The van der Waals surface area contributed by atoms with Crippen LogP contribution in [0, 0.1) is 5.41 Å². The van der Waals surface area contributed by atoms with Crippen molar-refractivity contribution < 1.29 is 14.6 Å². The molecular formula is C14H22N2O3. The van der Waals surface area contributed by atoms with Gasteiger partial charge in [-0.15, -0.1) is 0 Å². The van der Waals surface area contributed by atoms with Gasteiger partial charge in [-0.2, -0.15) is 0 Å². The summed E-state index contributed by atoms with van der Waals surface area (Å²) in [6.45, 7) is 4.88. The molecule has 1 unspecified atom stereocenters. The highest BCUT2D eigenvalue weighted by atomic mass is 16.5. The molecule has 0 fully saturated rings. The molecular weight excluding hydrogens is 244 g/mol. The highest BCUT2D eigenvalue weighted by Crippen LogP contribution is 2.22. The minimum Gasteiger partial charge on any atom is -0.453 e. The highest BCUT2D eigenvalue weighted by molar-refractivity contribution is 5.85. The molecule has 0 aromatic heterocycles. The van der Waals surface area contributed by atoms with Crippen LogP contribution in [0.1, 0.15) is 20.3 Å². The molecule has 1 amide bonds. The van der Waals surface area contributed by atoms with Gasteiger partial charge in [0, 0.05) is 23.3 Å². The molecule has 0 bridgehead atoms. The maximum atomic E-state index is 11.1. The summed E-state index contributed by atoms with van der Waals surface area (Å²) in [5, 5.41) is 15.2. The van der Waals surface area contributed by atoms with E-state index in [-0.39, 0.29) is 12.0 Å². The van der Waals surface area contributed by atoms with Crippen LogP contribution in [0.25, 0.3) is 0 Å². The first kappa shape index (κ1) is 15.3. The van der Waals surface area contributed by atoms with Crippen molar-refractivity contribution in [1.82, 2.24) is 0 Å². The van der Waals surface area contributed by atoms with Gasteiger partial charge in [-0.1, -0.05) is 19.9 Å². The van der Waals surface area contributed by atoms with Crippen LogP contribution in [-0.2, 0) is 4.74 Å². The Labute approximate surface area is 114 Å². The summed E-state index contributed by atoms with van der Waals surface area (Å²) in [5.41, 5.74) is 1.41. The van der Waals surface area contributed by atoms with Crippen LogP contribution in [0.4, 0.5) is 16.2 Å². The molecule has 5 heteroatoms. The van der Waals surface area contributed by atoms with Crippen LogP contribution < -0.4 is 10.6 Å². The van der Waals surface area contributed by atoms with E-state index in [4.69, 9.17) is 0 Å². The number of nitrogens with one attached hydrogen (secondary N) is 2. The van der Waals surface area contributed by atoms with Crippen molar-refractivity contribution in [1.29, 1.82) is 0 Å². The average Bonchev–Trinajstić information content (AvgIpc) is 2.45. The molecule has 0 spiro atoms. The minimum atomic E-state index is -0.495. The molecule has 0 saturated carbocycles. The van der Waals surface area contributed by atoms with E-state index in [2.05, 4.69) is 15.4 Å². The van der Waals surface area contributed by atoms with Gasteiger partial charge in [-0.3, -0.25) is 5.32 Å². The van der Waals surface area contributed by atoms with E-state index >= 15 is 0 Å². The number of hydrogen-bond donors (Lipinski definition) is 3. The SMILES string of the molecule is CCC(C)(CO)CNc1cccc(NC(=O)OC)c1. The lowest BCUT2D eigenvalue weighted by Gasteiger charge is -2.26. The van der Waals surface area contributed by atoms with Crippen molar-refractivity contribution in [2.75, 3.05) is 30.9 Å². The van der Waals surface area contributed by atoms with Crippen LogP contribution in [0.3, 0.4) is 0 Å². The number of amides is 1. The van der Waals surface area contributed by atoms with Gasteiger partial charge in [0.2, 0.25) is 0 Å². The standard InChI is InChI=1S/C14H22N2O3/c1-4-14(2,10-17)9-15-11-6-5-7-12(8-11)16-13(18)19-3/h5-8,15,17H,4,9-10H2,1-3H3,(H,16,18). The van der Waals surface area contributed by atoms with Crippen molar-refractivity contribution in [3.8, 4) is 0 Å².